The molecule has 1 aliphatic carbocycles. The average molecular weight is 173 g/mol. The van der Waals surface area contributed by atoms with Gasteiger partial charge in [-0.25, -0.2) is 0 Å². The van der Waals surface area contributed by atoms with Gasteiger partial charge in [0.2, 0.25) is 0 Å². The van der Waals surface area contributed by atoms with Crippen LogP contribution in [0.5, 0.6) is 0 Å². The van der Waals surface area contributed by atoms with Gasteiger partial charge in [0.1, 0.15) is 0 Å². The molecule has 0 amide bonds. The molecule has 1 saturated carbocycles. The van der Waals surface area contributed by atoms with Crippen LogP contribution >= 0.6 is 0 Å². The minimum absolute atomic E-state index is 0.535. The van der Waals surface area contributed by atoms with Gasteiger partial charge in [-0.1, -0.05) is 29.8 Å². The fourth-order valence-electron chi connectivity index (χ4n) is 2.68. The van der Waals surface area contributed by atoms with Crippen molar-refractivity contribution in [3.8, 4) is 0 Å². The van der Waals surface area contributed by atoms with E-state index in [1.807, 2.05) is 0 Å². The van der Waals surface area contributed by atoms with Crippen LogP contribution in [-0.4, -0.2) is 13.1 Å². The summed E-state index contributed by atoms with van der Waals surface area (Å²) in [5.74, 6) is 0.926. The minimum Gasteiger partial charge on any atom is -0.316 e. The highest BCUT2D eigenvalue weighted by Gasteiger charge is 2.57. The van der Waals surface area contributed by atoms with Crippen molar-refractivity contribution in [2.45, 2.75) is 18.8 Å². The fraction of sp³-hybridized carbons (Fsp3) is 0.500. The zero-order valence-corrected chi connectivity index (χ0v) is 8.01. The van der Waals surface area contributed by atoms with Crippen LogP contribution in [0.3, 0.4) is 0 Å². The van der Waals surface area contributed by atoms with Crippen LogP contribution in [0.4, 0.5) is 0 Å². The molecule has 0 radical (unpaired) electrons. The van der Waals surface area contributed by atoms with E-state index in [0.29, 0.717) is 5.41 Å². The summed E-state index contributed by atoms with van der Waals surface area (Å²) in [6, 6.07) is 9.08. The lowest BCUT2D eigenvalue weighted by atomic mass is 9.94. The van der Waals surface area contributed by atoms with E-state index in [-0.39, 0.29) is 0 Å². The van der Waals surface area contributed by atoms with Gasteiger partial charge in [-0.15, -0.1) is 0 Å². The molecule has 1 aromatic carbocycles. The second-order valence-corrected chi connectivity index (χ2v) is 4.55. The van der Waals surface area contributed by atoms with E-state index in [9.17, 15) is 0 Å². The van der Waals surface area contributed by atoms with Gasteiger partial charge < -0.3 is 5.32 Å². The van der Waals surface area contributed by atoms with Gasteiger partial charge in [0.25, 0.3) is 0 Å². The van der Waals surface area contributed by atoms with Crippen LogP contribution in [0, 0.1) is 12.8 Å². The zero-order valence-electron chi connectivity index (χ0n) is 8.01. The van der Waals surface area contributed by atoms with Gasteiger partial charge in [-0.2, -0.15) is 0 Å². The molecule has 1 saturated heterocycles. The van der Waals surface area contributed by atoms with E-state index in [2.05, 4.69) is 36.5 Å². The molecule has 1 nitrogen and oxygen atoms in total. The van der Waals surface area contributed by atoms with Gasteiger partial charge in [-0.05, 0) is 31.4 Å². The number of aryl methyl sites for hydroxylation is 1. The molecule has 68 valence electrons. The third-order valence-electron chi connectivity index (χ3n) is 3.69. The predicted octanol–water partition coefficient (Wildman–Crippen LogP) is 1.86. The molecule has 0 spiro atoms. The SMILES string of the molecule is Cc1ccc(C23CNC[C@@H]2C3)cc1. The highest BCUT2D eigenvalue weighted by Crippen LogP contribution is 2.56. The predicted molar refractivity (Wildman–Crippen MR) is 53.8 cm³/mol. The smallest absolute Gasteiger partial charge is 0.0122 e. The van der Waals surface area contributed by atoms with E-state index < -0.39 is 0 Å². The molecule has 0 bridgehead atoms. The topological polar surface area (TPSA) is 12.0 Å². The Hall–Kier alpha value is -0.820. The first-order valence-corrected chi connectivity index (χ1v) is 5.09. The summed E-state index contributed by atoms with van der Waals surface area (Å²) in [6.45, 7) is 4.58. The Balaban J connectivity index is 1.97. The van der Waals surface area contributed by atoms with Gasteiger partial charge in [0, 0.05) is 12.0 Å². The fourth-order valence-corrected chi connectivity index (χ4v) is 2.68. The molecule has 0 aromatic heterocycles. The Bertz CT molecular complexity index is 327. The lowest BCUT2D eigenvalue weighted by Gasteiger charge is -2.11. The van der Waals surface area contributed by atoms with Crippen LogP contribution < -0.4 is 5.32 Å². The largest absolute Gasteiger partial charge is 0.316 e. The number of nitrogens with one attached hydrogen (secondary N) is 1. The number of hydrogen-bond donors (Lipinski definition) is 1. The van der Waals surface area contributed by atoms with Crippen molar-refractivity contribution in [1.82, 2.24) is 5.32 Å². The third-order valence-corrected chi connectivity index (χ3v) is 3.69. The summed E-state index contributed by atoms with van der Waals surface area (Å²) in [5, 5.41) is 3.48. The Morgan fingerprint density at radius 1 is 1.31 bits per heavy atom. The average Bonchev–Trinajstić information content (AvgIpc) is 2.71. The molecule has 1 aliphatic heterocycles. The third kappa shape index (κ3) is 0.969. The van der Waals surface area contributed by atoms with Gasteiger partial charge >= 0.3 is 0 Å². The van der Waals surface area contributed by atoms with E-state index in [4.69, 9.17) is 0 Å². The molecule has 13 heavy (non-hydrogen) atoms. The summed E-state index contributed by atoms with van der Waals surface area (Å²) in [4.78, 5) is 0. The lowest BCUT2D eigenvalue weighted by Crippen LogP contribution is -2.19. The second kappa shape index (κ2) is 2.36. The summed E-state index contributed by atoms with van der Waals surface area (Å²) in [6.07, 6.45) is 1.41. The first-order chi connectivity index (χ1) is 6.31. The number of hydrogen-bond acceptors (Lipinski definition) is 1. The highest BCUT2D eigenvalue weighted by molar-refractivity contribution is 5.38. The maximum Gasteiger partial charge on any atom is 0.0122 e. The highest BCUT2D eigenvalue weighted by atomic mass is 15.0. The number of piperidine rings is 1. The van der Waals surface area contributed by atoms with Crippen molar-refractivity contribution in [2.75, 3.05) is 13.1 Å². The Kier molecular flexibility index (Phi) is 1.37. The molecule has 1 aromatic rings. The normalized spacial score (nSPS) is 35.9. The molecule has 1 heterocycles. The summed E-state index contributed by atoms with van der Waals surface area (Å²) in [7, 11) is 0. The molecule has 1 N–H and O–H groups in total. The maximum absolute atomic E-state index is 3.48. The maximum atomic E-state index is 3.48. The van der Waals surface area contributed by atoms with Crippen molar-refractivity contribution < 1.29 is 0 Å². The zero-order chi connectivity index (χ0) is 8.89. The van der Waals surface area contributed by atoms with Gasteiger partial charge in [-0.3, -0.25) is 0 Å². The van der Waals surface area contributed by atoms with Gasteiger partial charge in [0.05, 0.1) is 0 Å². The van der Waals surface area contributed by atoms with Crippen molar-refractivity contribution in [2.24, 2.45) is 5.92 Å². The molecule has 2 fully saturated rings. The van der Waals surface area contributed by atoms with Crippen molar-refractivity contribution in [3.63, 3.8) is 0 Å². The number of fused-ring (bicyclic) bond motifs is 1. The molecular weight excluding hydrogens is 158 g/mol. The van der Waals surface area contributed by atoms with Crippen LogP contribution in [0.1, 0.15) is 17.5 Å². The second-order valence-electron chi connectivity index (χ2n) is 4.55. The van der Waals surface area contributed by atoms with Crippen LogP contribution in [0.15, 0.2) is 24.3 Å². The minimum atomic E-state index is 0.535. The monoisotopic (exact) mass is 173 g/mol. The number of benzene rings is 1. The Morgan fingerprint density at radius 3 is 2.62 bits per heavy atom. The Labute approximate surface area is 79.2 Å². The molecule has 1 heteroatoms. The number of rotatable bonds is 1. The van der Waals surface area contributed by atoms with E-state index in [1.165, 1.54) is 25.1 Å². The van der Waals surface area contributed by atoms with E-state index in [0.717, 1.165) is 5.92 Å². The summed E-state index contributed by atoms with van der Waals surface area (Å²) >= 11 is 0. The van der Waals surface area contributed by atoms with Gasteiger partial charge in [0.15, 0.2) is 0 Å². The molecule has 3 rings (SSSR count). The first kappa shape index (κ1) is 7.57. The standard InChI is InChI=1S/C12H15N/c1-9-2-4-10(5-3-9)12-6-11(12)7-13-8-12/h2-5,11,13H,6-8H2,1H3/t11-,12?/m0/s1. The molecule has 2 aliphatic rings. The molecular formula is C12H15N. The molecule has 1 unspecified atom stereocenters. The summed E-state index contributed by atoms with van der Waals surface area (Å²) < 4.78 is 0. The van der Waals surface area contributed by atoms with Crippen LogP contribution in [0.25, 0.3) is 0 Å². The van der Waals surface area contributed by atoms with Crippen LogP contribution in [0.2, 0.25) is 0 Å². The van der Waals surface area contributed by atoms with Crippen molar-refractivity contribution in [1.29, 1.82) is 0 Å². The van der Waals surface area contributed by atoms with E-state index in [1.54, 1.807) is 5.56 Å². The quantitative estimate of drug-likeness (QED) is 0.683. The van der Waals surface area contributed by atoms with Crippen molar-refractivity contribution in [3.05, 3.63) is 35.4 Å². The Morgan fingerprint density at radius 2 is 2.08 bits per heavy atom. The molecule has 2 atom stereocenters. The summed E-state index contributed by atoms with van der Waals surface area (Å²) in [5.41, 5.74) is 3.45. The lowest BCUT2D eigenvalue weighted by molar-refractivity contribution is 0.675. The first-order valence-electron chi connectivity index (χ1n) is 5.09. The van der Waals surface area contributed by atoms with Crippen molar-refractivity contribution >= 4 is 0 Å². The van der Waals surface area contributed by atoms with E-state index >= 15 is 0 Å². The van der Waals surface area contributed by atoms with Crippen LogP contribution in [-0.2, 0) is 5.41 Å².